The molecule has 0 fully saturated rings. The van der Waals surface area contributed by atoms with Crippen LogP contribution in [0.2, 0.25) is 0 Å². The molecule has 2 unspecified atom stereocenters. The highest BCUT2D eigenvalue weighted by Gasteiger charge is 2.23. The van der Waals surface area contributed by atoms with Gasteiger partial charge in [0, 0.05) is 0 Å². The summed E-state index contributed by atoms with van der Waals surface area (Å²) >= 11 is 0. The zero-order valence-corrected chi connectivity index (χ0v) is 14.9. The molecule has 4 N–H and O–H groups in total. The van der Waals surface area contributed by atoms with Crippen LogP contribution in [-0.2, 0) is 16.0 Å². The lowest BCUT2D eigenvalue weighted by atomic mass is 10.0. The second-order valence-electron chi connectivity index (χ2n) is 6.15. The highest BCUT2D eigenvalue weighted by molar-refractivity contribution is 5.89. The Kier molecular flexibility index (Phi) is 9.96. The van der Waals surface area contributed by atoms with Crippen LogP contribution in [0.4, 0.5) is 0 Å². The van der Waals surface area contributed by atoms with Gasteiger partial charge in [0.25, 0.3) is 0 Å². The molecule has 24 heavy (non-hydrogen) atoms. The molecule has 1 rings (SSSR count). The van der Waals surface area contributed by atoms with E-state index in [4.69, 9.17) is 5.73 Å². The van der Waals surface area contributed by atoms with Crippen molar-refractivity contribution in [3.63, 3.8) is 0 Å². The van der Waals surface area contributed by atoms with E-state index in [9.17, 15) is 9.59 Å². The van der Waals surface area contributed by atoms with Gasteiger partial charge in [-0.05, 0) is 57.7 Å². The van der Waals surface area contributed by atoms with Crippen LogP contribution in [-0.4, -0.2) is 36.9 Å². The molecule has 0 saturated heterocycles. The standard InChI is InChI=1S/C19H31N3O2/c1-3-13-21-18(14-16-9-5-4-6-10-16)19(24)22-17(15(2)23)11-7-8-12-20/h4-6,9-10,17-18,21H,3,7-8,11-14,20H2,1-2H3,(H,22,24). The fraction of sp³-hybridized carbons (Fsp3) is 0.579. The predicted molar refractivity (Wildman–Crippen MR) is 97.7 cm³/mol. The molecule has 0 bridgehead atoms. The zero-order chi connectivity index (χ0) is 17.8. The van der Waals surface area contributed by atoms with Crippen molar-refractivity contribution in [3.05, 3.63) is 35.9 Å². The van der Waals surface area contributed by atoms with E-state index in [-0.39, 0.29) is 17.7 Å². The number of nitrogens with one attached hydrogen (secondary N) is 2. The third-order valence-corrected chi connectivity index (χ3v) is 3.99. The maximum absolute atomic E-state index is 12.7. The van der Waals surface area contributed by atoms with Gasteiger partial charge < -0.3 is 16.4 Å². The number of Topliss-reactive ketones (excluding diaryl/α,β-unsaturated/α-hetero) is 1. The molecule has 5 heteroatoms. The summed E-state index contributed by atoms with van der Waals surface area (Å²) in [5.41, 5.74) is 6.60. The van der Waals surface area contributed by atoms with Crippen LogP contribution < -0.4 is 16.4 Å². The number of ketones is 1. The molecule has 0 heterocycles. The average Bonchev–Trinajstić information content (AvgIpc) is 2.58. The number of unbranched alkanes of at least 4 members (excludes halogenated alkanes) is 1. The van der Waals surface area contributed by atoms with Gasteiger partial charge in [-0.2, -0.15) is 0 Å². The van der Waals surface area contributed by atoms with Gasteiger partial charge in [0.15, 0.2) is 5.78 Å². The van der Waals surface area contributed by atoms with Crippen LogP contribution in [0.5, 0.6) is 0 Å². The minimum atomic E-state index is -0.425. The molecule has 0 saturated carbocycles. The van der Waals surface area contributed by atoms with Crippen molar-refractivity contribution in [1.82, 2.24) is 10.6 Å². The molecule has 5 nitrogen and oxygen atoms in total. The number of amides is 1. The molecule has 1 aromatic carbocycles. The summed E-state index contributed by atoms with van der Waals surface area (Å²) in [6.07, 6.45) is 3.91. The first kappa shape index (κ1) is 20.3. The van der Waals surface area contributed by atoms with Gasteiger partial charge in [0.1, 0.15) is 0 Å². The Hall–Kier alpha value is -1.72. The Labute approximate surface area is 145 Å². The van der Waals surface area contributed by atoms with Crippen molar-refractivity contribution < 1.29 is 9.59 Å². The van der Waals surface area contributed by atoms with E-state index in [1.165, 1.54) is 6.92 Å². The second kappa shape index (κ2) is 11.8. The van der Waals surface area contributed by atoms with Crippen molar-refractivity contribution >= 4 is 11.7 Å². The number of hydrogen-bond donors (Lipinski definition) is 3. The molecule has 0 spiro atoms. The van der Waals surface area contributed by atoms with Crippen LogP contribution in [0.25, 0.3) is 0 Å². The smallest absolute Gasteiger partial charge is 0.238 e. The molecule has 2 atom stereocenters. The molecular formula is C19H31N3O2. The number of rotatable bonds is 12. The van der Waals surface area contributed by atoms with Crippen molar-refractivity contribution in [1.29, 1.82) is 0 Å². The lowest BCUT2D eigenvalue weighted by Gasteiger charge is -2.22. The Morgan fingerprint density at radius 2 is 1.83 bits per heavy atom. The molecule has 1 aromatic rings. The minimum absolute atomic E-state index is 0.00526. The van der Waals surface area contributed by atoms with Gasteiger partial charge in [-0.25, -0.2) is 0 Å². The largest absolute Gasteiger partial charge is 0.345 e. The molecule has 0 radical (unpaired) electrons. The maximum atomic E-state index is 12.7. The van der Waals surface area contributed by atoms with Gasteiger partial charge in [-0.15, -0.1) is 0 Å². The normalized spacial score (nSPS) is 13.3. The summed E-state index contributed by atoms with van der Waals surface area (Å²) in [7, 11) is 0. The SMILES string of the molecule is CCCNC(Cc1ccccc1)C(=O)NC(CCCCN)C(C)=O. The Morgan fingerprint density at radius 1 is 1.12 bits per heavy atom. The van der Waals surface area contributed by atoms with E-state index in [0.717, 1.165) is 31.4 Å². The monoisotopic (exact) mass is 333 g/mol. The first-order chi connectivity index (χ1) is 11.6. The van der Waals surface area contributed by atoms with Crippen molar-refractivity contribution in [3.8, 4) is 0 Å². The van der Waals surface area contributed by atoms with E-state index in [2.05, 4.69) is 17.6 Å². The Bertz CT molecular complexity index is 491. The highest BCUT2D eigenvalue weighted by atomic mass is 16.2. The van der Waals surface area contributed by atoms with Gasteiger partial charge in [0.05, 0.1) is 12.1 Å². The molecule has 0 aliphatic heterocycles. The first-order valence-electron chi connectivity index (χ1n) is 8.86. The second-order valence-corrected chi connectivity index (χ2v) is 6.15. The van der Waals surface area contributed by atoms with Gasteiger partial charge in [-0.3, -0.25) is 9.59 Å². The summed E-state index contributed by atoms with van der Waals surface area (Å²) in [5.74, 6) is -0.116. The third-order valence-electron chi connectivity index (χ3n) is 3.99. The van der Waals surface area contributed by atoms with Crippen LogP contribution in [0, 0.1) is 0 Å². The minimum Gasteiger partial charge on any atom is -0.345 e. The molecule has 0 aromatic heterocycles. The fourth-order valence-corrected chi connectivity index (χ4v) is 2.57. The Balaban J connectivity index is 2.68. The number of nitrogens with two attached hydrogens (primary N) is 1. The molecule has 0 aliphatic carbocycles. The average molecular weight is 333 g/mol. The quantitative estimate of drug-likeness (QED) is 0.509. The summed E-state index contributed by atoms with van der Waals surface area (Å²) in [5, 5.41) is 6.20. The fourth-order valence-electron chi connectivity index (χ4n) is 2.57. The van der Waals surface area contributed by atoms with Gasteiger partial charge in [-0.1, -0.05) is 37.3 Å². The third kappa shape index (κ3) is 7.70. The molecular weight excluding hydrogens is 302 g/mol. The van der Waals surface area contributed by atoms with Crippen molar-refractivity contribution in [2.24, 2.45) is 5.73 Å². The lowest BCUT2D eigenvalue weighted by Crippen LogP contribution is -2.50. The topological polar surface area (TPSA) is 84.2 Å². The Morgan fingerprint density at radius 3 is 2.42 bits per heavy atom. The predicted octanol–water partition coefficient (Wildman–Crippen LogP) is 1.80. The van der Waals surface area contributed by atoms with E-state index in [1.54, 1.807) is 0 Å². The van der Waals surface area contributed by atoms with Crippen molar-refractivity contribution in [2.75, 3.05) is 13.1 Å². The van der Waals surface area contributed by atoms with Gasteiger partial charge in [0.2, 0.25) is 5.91 Å². The van der Waals surface area contributed by atoms with E-state index in [1.807, 2.05) is 30.3 Å². The van der Waals surface area contributed by atoms with Gasteiger partial charge >= 0.3 is 0 Å². The van der Waals surface area contributed by atoms with E-state index < -0.39 is 6.04 Å². The summed E-state index contributed by atoms with van der Waals surface area (Å²) < 4.78 is 0. The van der Waals surface area contributed by atoms with Crippen LogP contribution in [0.1, 0.15) is 45.1 Å². The number of benzene rings is 1. The lowest BCUT2D eigenvalue weighted by molar-refractivity contribution is -0.128. The van der Waals surface area contributed by atoms with Crippen LogP contribution in [0.15, 0.2) is 30.3 Å². The van der Waals surface area contributed by atoms with Crippen molar-refractivity contribution in [2.45, 2.75) is 58.0 Å². The zero-order valence-electron chi connectivity index (χ0n) is 14.9. The molecule has 0 aliphatic rings. The molecule has 1 amide bonds. The first-order valence-corrected chi connectivity index (χ1v) is 8.86. The number of hydrogen-bond acceptors (Lipinski definition) is 4. The summed E-state index contributed by atoms with van der Waals surface area (Å²) in [4.78, 5) is 24.5. The number of carbonyl (C=O) groups is 2. The number of carbonyl (C=O) groups excluding carboxylic acids is 2. The van der Waals surface area contributed by atoms with Crippen LogP contribution in [0.3, 0.4) is 0 Å². The van der Waals surface area contributed by atoms with E-state index in [0.29, 0.717) is 19.4 Å². The summed E-state index contributed by atoms with van der Waals surface area (Å²) in [6.45, 7) is 4.96. The molecule has 134 valence electrons. The van der Waals surface area contributed by atoms with E-state index >= 15 is 0 Å². The van der Waals surface area contributed by atoms with Crippen LogP contribution >= 0.6 is 0 Å². The summed E-state index contributed by atoms with van der Waals surface area (Å²) in [6, 6.07) is 9.16. The highest BCUT2D eigenvalue weighted by Crippen LogP contribution is 2.06. The maximum Gasteiger partial charge on any atom is 0.238 e.